The van der Waals surface area contributed by atoms with Crippen LogP contribution in [0, 0.1) is 18.3 Å². The zero-order valence-electron chi connectivity index (χ0n) is 20.4. The van der Waals surface area contributed by atoms with E-state index in [-0.39, 0.29) is 24.3 Å². The van der Waals surface area contributed by atoms with Crippen LogP contribution < -0.4 is 5.32 Å². The first-order valence-corrected chi connectivity index (χ1v) is 11.7. The summed E-state index contributed by atoms with van der Waals surface area (Å²) >= 11 is 0. The first kappa shape index (κ1) is 26.3. The number of benzene rings is 1. The standard InChI is InChI=1S/C26H26F3N5O3/c1-17-3-6-19(7-4-17)34-23(26(27,28)29)21(14-32-34)24(35)33-18-5-8-22(31-13-18)25(15-30)11-9-20(10-12-25)37-16-36-2/h3-8,13-14,20H,9-12,16H2,1-2H3,(H,33,35)/t20-,25-. The number of aryl methyl sites for hydroxylation is 1. The summed E-state index contributed by atoms with van der Waals surface area (Å²) in [7, 11) is 1.55. The Morgan fingerprint density at radius 1 is 1.19 bits per heavy atom. The molecule has 2 aromatic heterocycles. The second-order valence-corrected chi connectivity index (χ2v) is 9.00. The molecule has 4 rings (SSSR count). The molecule has 37 heavy (non-hydrogen) atoms. The van der Waals surface area contributed by atoms with Crippen LogP contribution in [0.1, 0.15) is 53.0 Å². The average molecular weight is 514 g/mol. The van der Waals surface area contributed by atoms with E-state index < -0.39 is 28.8 Å². The highest BCUT2D eigenvalue weighted by Crippen LogP contribution is 2.39. The average Bonchev–Trinajstić information content (AvgIpc) is 3.35. The van der Waals surface area contributed by atoms with E-state index in [0.717, 1.165) is 11.8 Å². The number of carbonyl (C=O) groups excluding carboxylic acids is 1. The van der Waals surface area contributed by atoms with Gasteiger partial charge in [0.1, 0.15) is 6.79 Å². The van der Waals surface area contributed by atoms with Crippen LogP contribution in [0.25, 0.3) is 5.69 Å². The maximum absolute atomic E-state index is 13.9. The van der Waals surface area contributed by atoms with E-state index in [9.17, 15) is 23.2 Å². The second-order valence-electron chi connectivity index (χ2n) is 9.00. The third-order valence-corrected chi connectivity index (χ3v) is 6.49. The quantitative estimate of drug-likeness (QED) is 0.438. The number of ether oxygens (including phenoxy) is 2. The van der Waals surface area contributed by atoms with Gasteiger partial charge in [0.05, 0.1) is 52.6 Å². The molecule has 0 spiro atoms. The molecule has 1 N–H and O–H groups in total. The monoisotopic (exact) mass is 513 g/mol. The highest BCUT2D eigenvalue weighted by atomic mass is 19.4. The number of alkyl halides is 3. The minimum Gasteiger partial charge on any atom is -0.359 e. The number of carbonyl (C=O) groups is 1. The zero-order chi connectivity index (χ0) is 26.6. The summed E-state index contributed by atoms with van der Waals surface area (Å²) in [6, 6.07) is 11.9. The van der Waals surface area contributed by atoms with Gasteiger partial charge in [0.25, 0.3) is 5.91 Å². The largest absolute Gasteiger partial charge is 0.434 e. The van der Waals surface area contributed by atoms with Gasteiger partial charge in [-0.25, -0.2) is 4.68 Å². The molecule has 0 bridgehead atoms. The van der Waals surface area contributed by atoms with Gasteiger partial charge in [0.15, 0.2) is 5.69 Å². The van der Waals surface area contributed by atoms with Crippen LogP contribution in [0.3, 0.4) is 0 Å². The fourth-order valence-corrected chi connectivity index (χ4v) is 4.46. The first-order chi connectivity index (χ1) is 17.7. The van der Waals surface area contributed by atoms with Crippen LogP contribution in [0.4, 0.5) is 18.9 Å². The minimum atomic E-state index is -4.82. The van der Waals surface area contributed by atoms with Gasteiger partial charge in [-0.15, -0.1) is 0 Å². The molecular formula is C26H26F3N5O3. The fraction of sp³-hybridized carbons (Fsp3) is 0.385. The van der Waals surface area contributed by atoms with E-state index in [1.54, 1.807) is 25.3 Å². The summed E-state index contributed by atoms with van der Waals surface area (Å²) < 4.78 is 53.1. The highest BCUT2D eigenvalue weighted by molar-refractivity contribution is 6.05. The zero-order valence-corrected chi connectivity index (χ0v) is 20.4. The summed E-state index contributed by atoms with van der Waals surface area (Å²) in [4.78, 5) is 17.2. The number of anilines is 1. The lowest BCUT2D eigenvalue weighted by molar-refractivity contribution is -0.143. The smallest absolute Gasteiger partial charge is 0.359 e. The van der Waals surface area contributed by atoms with Gasteiger partial charge in [0.2, 0.25) is 0 Å². The van der Waals surface area contributed by atoms with Crippen molar-refractivity contribution < 1.29 is 27.4 Å². The molecule has 8 nitrogen and oxygen atoms in total. The third kappa shape index (κ3) is 5.65. The molecule has 1 aliphatic rings. The van der Waals surface area contributed by atoms with Crippen LogP contribution in [0.15, 0.2) is 48.8 Å². The SMILES string of the molecule is COCO[C@H]1CC[C@](C#N)(c2ccc(NC(=O)c3cnn(-c4ccc(C)cc4)c3C(F)(F)F)cn2)CC1. The van der Waals surface area contributed by atoms with Gasteiger partial charge in [-0.2, -0.15) is 23.5 Å². The maximum Gasteiger partial charge on any atom is 0.434 e. The predicted molar refractivity (Wildman–Crippen MR) is 128 cm³/mol. The number of hydrogen-bond donors (Lipinski definition) is 1. The Kier molecular flexibility index (Phi) is 7.61. The Morgan fingerprint density at radius 2 is 1.89 bits per heavy atom. The van der Waals surface area contributed by atoms with Crippen molar-refractivity contribution >= 4 is 11.6 Å². The summed E-state index contributed by atoms with van der Waals surface area (Å²) in [5.41, 5.74) is -0.768. The van der Waals surface area contributed by atoms with E-state index in [1.165, 1.54) is 24.4 Å². The Bertz CT molecular complexity index is 1270. The fourth-order valence-electron chi connectivity index (χ4n) is 4.46. The number of hydrogen-bond acceptors (Lipinski definition) is 6. The predicted octanol–water partition coefficient (Wildman–Crippen LogP) is 5.17. The highest BCUT2D eigenvalue weighted by Gasteiger charge is 2.41. The number of nitriles is 1. The molecule has 0 saturated heterocycles. The number of halogens is 3. The lowest BCUT2D eigenvalue weighted by Crippen LogP contribution is -2.34. The topological polar surface area (TPSA) is 102 Å². The number of pyridine rings is 1. The molecule has 1 saturated carbocycles. The van der Waals surface area contributed by atoms with Crippen molar-refractivity contribution in [2.75, 3.05) is 19.2 Å². The molecule has 1 amide bonds. The number of amides is 1. The molecule has 0 radical (unpaired) electrons. The summed E-state index contributed by atoms with van der Waals surface area (Å²) in [5, 5.41) is 16.2. The molecule has 0 aliphatic heterocycles. The van der Waals surface area contributed by atoms with Crippen LogP contribution in [0.5, 0.6) is 0 Å². The Balaban J connectivity index is 1.52. The Labute approximate surface area is 212 Å². The van der Waals surface area contributed by atoms with E-state index in [0.29, 0.717) is 36.1 Å². The lowest BCUT2D eigenvalue weighted by Gasteiger charge is -2.34. The van der Waals surface area contributed by atoms with Gasteiger partial charge in [-0.3, -0.25) is 9.78 Å². The van der Waals surface area contributed by atoms with Crippen molar-refractivity contribution in [3.05, 3.63) is 71.3 Å². The molecule has 1 fully saturated rings. The number of aromatic nitrogens is 3. The third-order valence-electron chi connectivity index (χ3n) is 6.49. The molecule has 1 aromatic carbocycles. The number of rotatable bonds is 7. The minimum absolute atomic E-state index is 0.00337. The molecule has 194 valence electrons. The number of nitrogens with zero attached hydrogens (tertiary/aromatic N) is 4. The van der Waals surface area contributed by atoms with Crippen molar-refractivity contribution in [2.45, 2.75) is 50.3 Å². The molecule has 11 heteroatoms. The van der Waals surface area contributed by atoms with E-state index >= 15 is 0 Å². The lowest BCUT2D eigenvalue weighted by atomic mass is 9.72. The van der Waals surface area contributed by atoms with Crippen molar-refractivity contribution in [3.8, 4) is 11.8 Å². The van der Waals surface area contributed by atoms with Gasteiger partial charge in [-0.05, 0) is 56.9 Å². The van der Waals surface area contributed by atoms with Crippen LogP contribution in [0.2, 0.25) is 0 Å². The van der Waals surface area contributed by atoms with Gasteiger partial charge >= 0.3 is 6.18 Å². The molecule has 0 atom stereocenters. The molecule has 1 aliphatic carbocycles. The molecule has 2 heterocycles. The normalized spacial score (nSPS) is 19.8. The molecule has 0 unspecified atom stereocenters. The molecule has 3 aromatic rings. The van der Waals surface area contributed by atoms with Crippen molar-refractivity contribution in [1.29, 1.82) is 5.26 Å². The van der Waals surface area contributed by atoms with E-state index in [2.05, 4.69) is 21.5 Å². The van der Waals surface area contributed by atoms with Crippen LogP contribution >= 0.6 is 0 Å². The van der Waals surface area contributed by atoms with Crippen molar-refractivity contribution in [1.82, 2.24) is 14.8 Å². The Morgan fingerprint density at radius 3 is 2.46 bits per heavy atom. The van der Waals surface area contributed by atoms with Gasteiger partial charge in [-0.1, -0.05) is 17.7 Å². The number of nitrogens with one attached hydrogen (secondary N) is 1. The first-order valence-electron chi connectivity index (χ1n) is 11.7. The Hall–Kier alpha value is -3.75. The molecular weight excluding hydrogens is 487 g/mol. The van der Waals surface area contributed by atoms with Crippen molar-refractivity contribution in [2.24, 2.45) is 0 Å². The summed E-state index contributed by atoms with van der Waals surface area (Å²) in [6.45, 7) is 2.01. The van der Waals surface area contributed by atoms with Crippen LogP contribution in [-0.4, -0.2) is 40.7 Å². The van der Waals surface area contributed by atoms with Gasteiger partial charge < -0.3 is 14.8 Å². The van der Waals surface area contributed by atoms with E-state index in [1.807, 2.05) is 6.92 Å². The summed E-state index contributed by atoms with van der Waals surface area (Å²) in [6.07, 6.45) is -0.144. The van der Waals surface area contributed by atoms with Gasteiger partial charge in [0, 0.05) is 7.11 Å². The van der Waals surface area contributed by atoms with Crippen LogP contribution in [-0.2, 0) is 21.1 Å². The van der Waals surface area contributed by atoms with Crippen molar-refractivity contribution in [3.63, 3.8) is 0 Å². The number of methoxy groups -OCH3 is 1. The van der Waals surface area contributed by atoms with E-state index in [4.69, 9.17) is 9.47 Å². The maximum atomic E-state index is 13.9. The second kappa shape index (κ2) is 10.7. The summed E-state index contributed by atoms with van der Waals surface area (Å²) in [5.74, 6) is -0.967.